The second-order valence-electron chi connectivity index (χ2n) is 7.94. The Labute approximate surface area is 171 Å². The molecule has 2 fully saturated rings. The molecule has 0 spiro atoms. The predicted octanol–water partition coefficient (Wildman–Crippen LogP) is 3.14. The van der Waals surface area contributed by atoms with Crippen LogP contribution in [-0.4, -0.2) is 52.9 Å². The zero-order chi connectivity index (χ0) is 19.2. The molecule has 2 aromatic heterocycles. The Balaban J connectivity index is 1.17. The Kier molecular flexibility index (Phi) is 6.73. The van der Waals surface area contributed by atoms with Crippen molar-refractivity contribution in [3.8, 4) is 0 Å². The van der Waals surface area contributed by atoms with Crippen molar-refractivity contribution in [2.45, 2.75) is 44.8 Å². The van der Waals surface area contributed by atoms with E-state index in [-0.39, 0.29) is 11.8 Å². The molecular weight excluding hydrogens is 368 g/mol. The average molecular weight is 399 g/mol. The number of carbonyl (C=O) groups excluding carboxylic acids is 1. The Bertz CT molecular complexity index is 720. The number of likely N-dealkylation sites (tertiary alicyclic amines) is 2. The van der Waals surface area contributed by atoms with Crippen LogP contribution < -0.4 is 5.32 Å². The number of rotatable bonds is 6. The van der Waals surface area contributed by atoms with Crippen molar-refractivity contribution in [1.82, 2.24) is 20.1 Å². The van der Waals surface area contributed by atoms with Crippen LogP contribution in [0.4, 0.5) is 0 Å². The zero-order valence-electron chi connectivity index (χ0n) is 16.4. The lowest BCUT2D eigenvalue weighted by Gasteiger charge is -2.41. The second kappa shape index (κ2) is 9.63. The molecule has 2 aromatic rings. The lowest BCUT2D eigenvalue weighted by Crippen LogP contribution is -2.49. The van der Waals surface area contributed by atoms with Crippen molar-refractivity contribution in [1.29, 1.82) is 0 Å². The molecule has 1 N–H and O–H groups in total. The Morgan fingerprint density at radius 3 is 2.57 bits per heavy atom. The molecule has 4 rings (SSSR count). The maximum absolute atomic E-state index is 12.5. The summed E-state index contributed by atoms with van der Waals surface area (Å²) in [6.45, 7) is 6.11. The van der Waals surface area contributed by atoms with Gasteiger partial charge in [0, 0.05) is 42.7 Å². The van der Waals surface area contributed by atoms with Crippen LogP contribution in [0.3, 0.4) is 0 Å². The molecule has 2 saturated heterocycles. The third-order valence-corrected chi connectivity index (χ3v) is 6.96. The highest BCUT2D eigenvalue weighted by Gasteiger charge is 2.30. The molecule has 0 radical (unpaired) electrons. The number of aromatic nitrogens is 1. The van der Waals surface area contributed by atoms with Gasteiger partial charge >= 0.3 is 0 Å². The smallest absolute Gasteiger partial charge is 0.223 e. The van der Waals surface area contributed by atoms with Crippen molar-refractivity contribution in [2.24, 2.45) is 5.92 Å². The van der Waals surface area contributed by atoms with E-state index in [4.69, 9.17) is 0 Å². The number of piperidine rings is 2. The van der Waals surface area contributed by atoms with Crippen molar-refractivity contribution < 1.29 is 4.79 Å². The highest BCUT2D eigenvalue weighted by atomic mass is 32.1. The summed E-state index contributed by atoms with van der Waals surface area (Å²) in [6.07, 6.45) is 6.22. The minimum atomic E-state index is 0.152. The van der Waals surface area contributed by atoms with Crippen molar-refractivity contribution in [3.63, 3.8) is 0 Å². The molecule has 2 aliphatic rings. The lowest BCUT2D eigenvalue weighted by atomic mass is 9.92. The number of nitrogens with zero attached hydrogens (tertiary/aromatic N) is 3. The van der Waals surface area contributed by atoms with E-state index in [0.29, 0.717) is 12.6 Å². The molecule has 1 amide bonds. The topological polar surface area (TPSA) is 48.5 Å². The number of pyridine rings is 1. The number of carbonyl (C=O) groups is 1. The predicted molar refractivity (Wildman–Crippen MR) is 113 cm³/mol. The van der Waals surface area contributed by atoms with Crippen LogP contribution in [0, 0.1) is 5.92 Å². The van der Waals surface area contributed by atoms with Crippen LogP contribution in [0.25, 0.3) is 0 Å². The number of hydrogen-bond donors (Lipinski definition) is 1. The first-order valence-electron chi connectivity index (χ1n) is 10.4. The first kappa shape index (κ1) is 19.6. The summed E-state index contributed by atoms with van der Waals surface area (Å²) >= 11 is 1.86. The quantitative estimate of drug-likeness (QED) is 0.812. The van der Waals surface area contributed by atoms with Gasteiger partial charge in [-0.2, -0.15) is 0 Å². The van der Waals surface area contributed by atoms with Gasteiger partial charge in [-0.1, -0.05) is 12.1 Å². The van der Waals surface area contributed by atoms with Crippen LogP contribution in [0.15, 0.2) is 41.9 Å². The molecule has 4 heterocycles. The summed E-state index contributed by atoms with van der Waals surface area (Å²) in [4.78, 5) is 23.4. The third-order valence-electron chi connectivity index (χ3n) is 6.10. The third kappa shape index (κ3) is 5.19. The summed E-state index contributed by atoms with van der Waals surface area (Å²) in [5, 5.41) is 5.23. The fourth-order valence-corrected chi connectivity index (χ4v) is 5.16. The minimum Gasteiger partial charge on any atom is -0.350 e. The van der Waals surface area contributed by atoms with Gasteiger partial charge in [0.1, 0.15) is 0 Å². The highest BCUT2D eigenvalue weighted by molar-refractivity contribution is 7.09. The number of thiophene rings is 1. The molecule has 0 saturated carbocycles. The second-order valence-corrected chi connectivity index (χ2v) is 8.97. The van der Waals surface area contributed by atoms with Crippen molar-refractivity contribution in [3.05, 3.63) is 52.5 Å². The van der Waals surface area contributed by atoms with E-state index < -0.39 is 0 Å². The normalized spacial score (nSPS) is 20.3. The van der Waals surface area contributed by atoms with Gasteiger partial charge in [0.15, 0.2) is 0 Å². The van der Waals surface area contributed by atoms with Crippen LogP contribution in [0.1, 0.15) is 36.3 Å². The molecule has 28 heavy (non-hydrogen) atoms. The molecule has 0 bridgehead atoms. The van der Waals surface area contributed by atoms with Crippen LogP contribution in [-0.2, 0) is 17.9 Å². The first-order valence-corrected chi connectivity index (χ1v) is 11.3. The maximum Gasteiger partial charge on any atom is 0.223 e. The summed E-state index contributed by atoms with van der Waals surface area (Å²) < 4.78 is 0. The van der Waals surface area contributed by atoms with E-state index in [9.17, 15) is 4.79 Å². The SMILES string of the molecule is O=C(NCc1ccccn1)C1CCN(C2CCN(Cc3cccs3)CC2)CC1. The molecule has 150 valence electrons. The zero-order valence-corrected chi connectivity index (χ0v) is 17.2. The van der Waals surface area contributed by atoms with E-state index in [1.165, 1.54) is 30.8 Å². The molecule has 0 atom stereocenters. The Morgan fingerprint density at radius 2 is 1.89 bits per heavy atom. The van der Waals surface area contributed by atoms with Crippen LogP contribution >= 0.6 is 11.3 Å². The van der Waals surface area contributed by atoms with Gasteiger partial charge in [-0.05, 0) is 62.4 Å². The molecule has 5 nitrogen and oxygen atoms in total. The van der Waals surface area contributed by atoms with E-state index >= 15 is 0 Å². The fourth-order valence-electron chi connectivity index (χ4n) is 4.42. The van der Waals surface area contributed by atoms with Gasteiger partial charge < -0.3 is 10.2 Å². The molecule has 6 heteroatoms. The van der Waals surface area contributed by atoms with Gasteiger partial charge in [-0.15, -0.1) is 11.3 Å². The molecule has 0 aromatic carbocycles. The standard InChI is InChI=1S/C22H30N4OS/c27-22(24-16-19-4-1-2-10-23-19)18-6-13-26(14-7-18)20-8-11-25(12-9-20)17-21-5-3-15-28-21/h1-5,10,15,18,20H,6-9,11-14,16-17H2,(H,24,27). The van der Waals surface area contributed by atoms with E-state index in [1.807, 2.05) is 29.5 Å². The maximum atomic E-state index is 12.5. The highest BCUT2D eigenvalue weighted by Crippen LogP contribution is 2.25. The summed E-state index contributed by atoms with van der Waals surface area (Å²) in [7, 11) is 0. The minimum absolute atomic E-state index is 0.152. The molecular formula is C22H30N4OS. The van der Waals surface area contributed by atoms with Crippen LogP contribution in [0.2, 0.25) is 0 Å². The average Bonchev–Trinajstić information content (AvgIpc) is 3.26. The first-order chi connectivity index (χ1) is 13.8. The summed E-state index contributed by atoms with van der Waals surface area (Å²) in [5.41, 5.74) is 0.919. The molecule has 2 aliphatic heterocycles. The van der Waals surface area contributed by atoms with Gasteiger partial charge in [0.25, 0.3) is 0 Å². The van der Waals surface area contributed by atoms with Gasteiger partial charge in [0.2, 0.25) is 5.91 Å². The van der Waals surface area contributed by atoms with E-state index in [0.717, 1.165) is 38.2 Å². The Morgan fingerprint density at radius 1 is 1.07 bits per heavy atom. The van der Waals surface area contributed by atoms with Crippen molar-refractivity contribution in [2.75, 3.05) is 26.2 Å². The van der Waals surface area contributed by atoms with Gasteiger partial charge in [-0.3, -0.25) is 14.7 Å². The number of amides is 1. The summed E-state index contributed by atoms with van der Waals surface area (Å²) in [6, 6.07) is 10.9. The van der Waals surface area contributed by atoms with Crippen LogP contribution in [0.5, 0.6) is 0 Å². The van der Waals surface area contributed by atoms with Gasteiger partial charge in [-0.25, -0.2) is 0 Å². The molecule has 0 unspecified atom stereocenters. The monoisotopic (exact) mass is 398 g/mol. The lowest BCUT2D eigenvalue weighted by molar-refractivity contribution is -0.126. The molecule has 0 aliphatic carbocycles. The Hall–Kier alpha value is -1.76. The van der Waals surface area contributed by atoms with Crippen molar-refractivity contribution >= 4 is 17.2 Å². The van der Waals surface area contributed by atoms with E-state index in [2.05, 4.69) is 37.6 Å². The number of hydrogen-bond acceptors (Lipinski definition) is 5. The largest absolute Gasteiger partial charge is 0.350 e. The fraction of sp³-hybridized carbons (Fsp3) is 0.545. The summed E-state index contributed by atoms with van der Waals surface area (Å²) in [5.74, 6) is 0.343. The van der Waals surface area contributed by atoms with E-state index in [1.54, 1.807) is 6.20 Å². The van der Waals surface area contributed by atoms with Gasteiger partial charge in [0.05, 0.1) is 12.2 Å². The number of nitrogens with one attached hydrogen (secondary N) is 1.